The van der Waals surface area contributed by atoms with E-state index in [1.165, 1.54) is 26.4 Å². The highest BCUT2D eigenvalue weighted by Crippen LogP contribution is 2.33. The highest BCUT2D eigenvalue weighted by atomic mass is 35.5. The summed E-state index contributed by atoms with van der Waals surface area (Å²) in [5, 5.41) is 9.89. The fraction of sp³-hybridized carbons (Fsp3) is 0.200. The first-order valence-corrected chi connectivity index (χ1v) is 6.40. The van der Waals surface area contributed by atoms with E-state index >= 15 is 0 Å². The topological polar surface area (TPSA) is 38.7 Å². The quantitative estimate of drug-likeness (QED) is 0.874. The summed E-state index contributed by atoms with van der Waals surface area (Å²) >= 11 is 5.49. The van der Waals surface area contributed by atoms with Crippen molar-refractivity contribution in [3.63, 3.8) is 0 Å². The smallest absolute Gasteiger partial charge is 0.161 e. The van der Waals surface area contributed by atoms with Crippen molar-refractivity contribution in [2.45, 2.75) is 6.10 Å². The molecule has 3 nitrogen and oxygen atoms in total. The zero-order valence-corrected chi connectivity index (χ0v) is 12.1. The summed E-state index contributed by atoms with van der Waals surface area (Å²) in [6.45, 7) is 0. The summed E-state index contributed by atoms with van der Waals surface area (Å²) in [5.41, 5.74) is 0.136. The van der Waals surface area contributed by atoms with Gasteiger partial charge in [0.05, 0.1) is 19.2 Å². The maximum absolute atomic E-state index is 13.8. The lowest BCUT2D eigenvalue weighted by atomic mass is 10.0. The van der Waals surface area contributed by atoms with Gasteiger partial charge in [0.15, 0.2) is 11.5 Å². The van der Waals surface area contributed by atoms with Crippen molar-refractivity contribution in [3.8, 4) is 11.5 Å². The molecule has 2 rings (SSSR count). The largest absolute Gasteiger partial charge is 0.493 e. The Labute approximate surface area is 125 Å². The zero-order chi connectivity index (χ0) is 15.6. The maximum Gasteiger partial charge on any atom is 0.161 e. The molecule has 2 aromatic rings. The molecule has 0 saturated carbocycles. The van der Waals surface area contributed by atoms with Gasteiger partial charge >= 0.3 is 0 Å². The lowest BCUT2D eigenvalue weighted by molar-refractivity contribution is 0.213. The molecule has 21 heavy (non-hydrogen) atoms. The van der Waals surface area contributed by atoms with E-state index in [1.807, 2.05) is 0 Å². The van der Waals surface area contributed by atoms with Crippen LogP contribution in [0.1, 0.15) is 17.2 Å². The predicted octanol–water partition coefficient (Wildman–Crippen LogP) is 3.72. The van der Waals surface area contributed by atoms with Gasteiger partial charge in [-0.05, 0) is 29.8 Å². The molecule has 0 saturated heterocycles. The highest BCUT2D eigenvalue weighted by molar-refractivity contribution is 6.30. The number of methoxy groups -OCH3 is 2. The van der Waals surface area contributed by atoms with Gasteiger partial charge in [-0.1, -0.05) is 17.7 Å². The summed E-state index contributed by atoms with van der Waals surface area (Å²) in [7, 11) is 2.92. The van der Waals surface area contributed by atoms with E-state index in [0.29, 0.717) is 17.1 Å². The van der Waals surface area contributed by atoms with E-state index in [9.17, 15) is 13.9 Å². The average Bonchev–Trinajstić information content (AvgIpc) is 2.49. The molecule has 0 amide bonds. The summed E-state index contributed by atoms with van der Waals surface area (Å²) in [4.78, 5) is 0. The van der Waals surface area contributed by atoms with Gasteiger partial charge in [0.1, 0.15) is 17.7 Å². The highest BCUT2D eigenvalue weighted by Gasteiger charge is 2.19. The predicted molar refractivity (Wildman–Crippen MR) is 75.0 cm³/mol. The first-order valence-electron chi connectivity index (χ1n) is 6.02. The second-order valence-corrected chi connectivity index (χ2v) is 4.71. The molecule has 2 aromatic carbocycles. The van der Waals surface area contributed by atoms with E-state index in [2.05, 4.69) is 0 Å². The molecule has 0 aromatic heterocycles. The molecule has 0 bridgehead atoms. The lowest BCUT2D eigenvalue weighted by Gasteiger charge is -2.15. The average molecular weight is 315 g/mol. The first kappa shape index (κ1) is 15.5. The standard InChI is InChI=1S/C15H13ClF2O3/c1-20-13-4-3-8(5-14(13)21-2)15(19)9-6-12(18)10(16)7-11(9)17/h3-7,15,19H,1-2H3. The molecule has 1 N–H and O–H groups in total. The van der Waals surface area contributed by atoms with Crippen LogP contribution in [0.2, 0.25) is 5.02 Å². The van der Waals surface area contributed by atoms with Crippen molar-refractivity contribution in [1.29, 1.82) is 0 Å². The number of hydrogen-bond acceptors (Lipinski definition) is 3. The molecule has 0 fully saturated rings. The number of benzene rings is 2. The van der Waals surface area contributed by atoms with E-state index in [1.54, 1.807) is 6.07 Å². The molecule has 0 aliphatic carbocycles. The molecule has 0 radical (unpaired) electrons. The van der Waals surface area contributed by atoms with Crippen molar-refractivity contribution in [2.75, 3.05) is 14.2 Å². The number of aliphatic hydroxyl groups excluding tert-OH is 1. The van der Waals surface area contributed by atoms with Gasteiger partial charge in [-0.2, -0.15) is 0 Å². The van der Waals surface area contributed by atoms with Crippen LogP contribution in [0.3, 0.4) is 0 Å². The van der Waals surface area contributed by atoms with Crippen LogP contribution in [0, 0.1) is 11.6 Å². The van der Waals surface area contributed by atoms with Crippen LogP contribution in [-0.2, 0) is 0 Å². The Balaban J connectivity index is 2.45. The first-order chi connectivity index (χ1) is 9.97. The van der Waals surface area contributed by atoms with Crippen LogP contribution < -0.4 is 9.47 Å². The molecule has 1 unspecified atom stereocenters. The van der Waals surface area contributed by atoms with Gasteiger partial charge in [0.2, 0.25) is 0 Å². The molecule has 0 aliphatic heterocycles. The second kappa shape index (κ2) is 6.28. The Morgan fingerprint density at radius 2 is 1.67 bits per heavy atom. The normalized spacial score (nSPS) is 12.1. The Morgan fingerprint density at radius 1 is 1.00 bits per heavy atom. The van der Waals surface area contributed by atoms with Crippen molar-refractivity contribution < 1.29 is 23.4 Å². The summed E-state index contributed by atoms with van der Waals surface area (Å²) < 4.78 is 37.5. The molecule has 0 heterocycles. The van der Waals surface area contributed by atoms with Gasteiger partial charge in [0.25, 0.3) is 0 Å². The monoisotopic (exact) mass is 314 g/mol. The van der Waals surface area contributed by atoms with Crippen LogP contribution in [0.5, 0.6) is 11.5 Å². The zero-order valence-electron chi connectivity index (χ0n) is 11.4. The van der Waals surface area contributed by atoms with Crippen molar-refractivity contribution >= 4 is 11.6 Å². The third kappa shape index (κ3) is 3.09. The van der Waals surface area contributed by atoms with E-state index in [0.717, 1.165) is 12.1 Å². The Bertz CT molecular complexity index is 662. The maximum atomic E-state index is 13.8. The Morgan fingerprint density at radius 3 is 2.29 bits per heavy atom. The van der Waals surface area contributed by atoms with Crippen LogP contribution >= 0.6 is 11.6 Å². The molecule has 0 aliphatic rings. The van der Waals surface area contributed by atoms with Gasteiger partial charge in [-0.15, -0.1) is 0 Å². The molecule has 1 atom stereocenters. The van der Waals surface area contributed by atoms with Gasteiger partial charge in [-0.3, -0.25) is 0 Å². The molecule has 0 spiro atoms. The number of rotatable bonds is 4. The summed E-state index contributed by atoms with van der Waals surface area (Å²) in [6, 6.07) is 6.31. The van der Waals surface area contributed by atoms with Gasteiger partial charge in [-0.25, -0.2) is 8.78 Å². The number of hydrogen-bond donors (Lipinski definition) is 1. The van der Waals surface area contributed by atoms with Crippen LogP contribution in [0.4, 0.5) is 8.78 Å². The minimum Gasteiger partial charge on any atom is -0.493 e. The Kier molecular flexibility index (Phi) is 4.65. The van der Waals surface area contributed by atoms with Gasteiger partial charge in [0, 0.05) is 5.56 Å². The SMILES string of the molecule is COc1ccc(C(O)c2cc(F)c(Cl)cc2F)cc1OC. The van der Waals surface area contributed by atoms with E-state index < -0.39 is 17.7 Å². The fourth-order valence-electron chi connectivity index (χ4n) is 1.95. The number of ether oxygens (including phenoxy) is 2. The third-order valence-electron chi connectivity index (χ3n) is 3.06. The summed E-state index contributed by atoms with van der Waals surface area (Å²) in [6.07, 6.45) is -1.35. The summed E-state index contributed by atoms with van der Waals surface area (Å²) in [5.74, 6) is -0.739. The lowest BCUT2D eigenvalue weighted by Crippen LogP contribution is -2.04. The minimum absolute atomic E-state index is 0.205. The van der Waals surface area contributed by atoms with Crippen LogP contribution in [-0.4, -0.2) is 19.3 Å². The number of aliphatic hydroxyl groups is 1. The molecule has 112 valence electrons. The van der Waals surface area contributed by atoms with Crippen molar-refractivity contribution in [3.05, 3.63) is 58.1 Å². The van der Waals surface area contributed by atoms with Crippen molar-refractivity contribution in [2.24, 2.45) is 0 Å². The molecular formula is C15H13ClF2O3. The van der Waals surface area contributed by atoms with Crippen molar-refractivity contribution in [1.82, 2.24) is 0 Å². The fourth-order valence-corrected chi connectivity index (χ4v) is 2.10. The van der Waals surface area contributed by atoms with Crippen LogP contribution in [0.15, 0.2) is 30.3 Å². The molecule has 6 heteroatoms. The van der Waals surface area contributed by atoms with E-state index in [4.69, 9.17) is 21.1 Å². The number of halogens is 3. The third-order valence-corrected chi connectivity index (χ3v) is 3.35. The second-order valence-electron chi connectivity index (χ2n) is 4.30. The van der Waals surface area contributed by atoms with Gasteiger partial charge < -0.3 is 14.6 Å². The van der Waals surface area contributed by atoms with E-state index in [-0.39, 0.29) is 10.6 Å². The van der Waals surface area contributed by atoms with Crippen LogP contribution in [0.25, 0.3) is 0 Å². The minimum atomic E-state index is -1.35. The molecular weight excluding hydrogens is 302 g/mol. The Hall–Kier alpha value is -1.85.